The van der Waals surface area contributed by atoms with Gasteiger partial charge in [0.05, 0.1) is 12.6 Å². The summed E-state index contributed by atoms with van der Waals surface area (Å²) in [6, 6.07) is -0.594. The Labute approximate surface area is 58.0 Å². The molecule has 0 aromatic rings. The summed E-state index contributed by atoms with van der Waals surface area (Å²) in [5, 5.41) is 17.5. The molecule has 0 aromatic heterocycles. The van der Waals surface area contributed by atoms with Crippen LogP contribution in [-0.4, -0.2) is 41.7 Å². The first kappa shape index (κ1) is 7.87. The molecule has 1 heterocycles. The average Bonchev–Trinajstić information content (AvgIpc) is 1.95. The highest BCUT2D eigenvalue weighted by molar-refractivity contribution is 4.85. The number of nitrogens with one attached hydrogen (secondary N) is 2. The highest BCUT2D eigenvalue weighted by Gasteiger charge is 2.30. The molecule has 0 aromatic carbocycles. The Balaban J connectivity index is 2.42. The summed E-state index contributed by atoms with van der Waals surface area (Å²) in [6.07, 6.45) is -2.40. The average molecular weight is 150 g/mol. The topological polar surface area (TPSA) is 64.5 Å². The van der Waals surface area contributed by atoms with Crippen molar-refractivity contribution in [2.24, 2.45) is 0 Å². The molecular weight excluding hydrogens is 139 g/mol. The molecule has 0 spiro atoms. The lowest BCUT2D eigenvalue weighted by Gasteiger charge is -2.30. The number of alkyl halides is 1. The highest BCUT2D eigenvalue weighted by Crippen LogP contribution is 2.05. The van der Waals surface area contributed by atoms with Crippen LogP contribution in [0, 0.1) is 0 Å². The van der Waals surface area contributed by atoms with Crippen molar-refractivity contribution in [2.75, 3.05) is 13.2 Å². The van der Waals surface area contributed by atoms with Gasteiger partial charge in [0.2, 0.25) is 0 Å². The molecule has 60 valence electrons. The van der Waals surface area contributed by atoms with Crippen molar-refractivity contribution >= 4 is 0 Å². The number of hydrogen-bond acceptors (Lipinski definition) is 4. The van der Waals surface area contributed by atoms with Crippen molar-refractivity contribution < 1.29 is 14.6 Å². The standard InChI is InChI=1S/C5H11FN2O2/c6-3-1-7-8-4(2-9)5(3)10/h3-5,7-10H,1-2H2/t3-,4-,5+/m1/s1. The van der Waals surface area contributed by atoms with Crippen LogP contribution in [0.1, 0.15) is 0 Å². The summed E-state index contributed by atoms with van der Waals surface area (Å²) in [4.78, 5) is 0. The molecule has 1 aliphatic heterocycles. The summed E-state index contributed by atoms with van der Waals surface area (Å²) in [5.74, 6) is 0. The molecule has 1 aliphatic rings. The van der Waals surface area contributed by atoms with Crippen LogP contribution in [0.25, 0.3) is 0 Å². The van der Waals surface area contributed by atoms with Crippen molar-refractivity contribution in [1.82, 2.24) is 10.9 Å². The quantitative estimate of drug-likeness (QED) is 0.354. The zero-order valence-electron chi connectivity index (χ0n) is 5.42. The van der Waals surface area contributed by atoms with E-state index < -0.39 is 18.3 Å². The third-order valence-corrected chi connectivity index (χ3v) is 1.56. The Bertz CT molecular complexity index is 114. The monoisotopic (exact) mass is 150 g/mol. The molecule has 10 heavy (non-hydrogen) atoms. The smallest absolute Gasteiger partial charge is 0.141 e. The van der Waals surface area contributed by atoms with E-state index in [1.54, 1.807) is 0 Å². The van der Waals surface area contributed by atoms with Crippen molar-refractivity contribution in [1.29, 1.82) is 0 Å². The highest BCUT2D eigenvalue weighted by atomic mass is 19.1. The molecule has 3 atom stereocenters. The Kier molecular flexibility index (Phi) is 2.56. The number of rotatable bonds is 1. The minimum atomic E-state index is -1.29. The zero-order valence-corrected chi connectivity index (χ0v) is 5.42. The van der Waals surface area contributed by atoms with E-state index in [9.17, 15) is 4.39 Å². The number of halogens is 1. The van der Waals surface area contributed by atoms with Gasteiger partial charge in [0.15, 0.2) is 0 Å². The molecule has 1 rings (SSSR count). The van der Waals surface area contributed by atoms with Crippen LogP contribution in [0.3, 0.4) is 0 Å². The van der Waals surface area contributed by atoms with E-state index in [2.05, 4.69) is 10.9 Å². The molecule has 0 aliphatic carbocycles. The van der Waals surface area contributed by atoms with Crippen LogP contribution in [0.4, 0.5) is 4.39 Å². The van der Waals surface area contributed by atoms with E-state index >= 15 is 0 Å². The lowest BCUT2D eigenvalue weighted by atomic mass is 10.1. The van der Waals surface area contributed by atoms with Gasteiger partial charge in [-0.2, -0.15) is 0 Å². The SMILES string of the molecule is OC[C@H]1NNC[C@@H](F)[C@@H]1O. The summed E-state index contributed by atoms with van der Waals surface area (Å²) < 4.78 is 12.6. The van der Waals surface area contributed by atoms with Crippen molar-refractivity contribution in [3.63, 3.8) is 0 Å². The predicted octanol–water partition coefficient (Wildman–Crippen LogP) is -1.85. The van der Waals surface area contributed by atoms with E-state index in [0.717, 1.165) is 0 Å². The van der Waals surface area contributed by atoms with Gasteiger partial charge in [-0.05, 0) is 0 Å². The van der Waals surface area contributed by atoms with Crippen LogP contribution in [-0.2, 0) is 0 Å². The molecule has 0 amide bonds. The lowest BCUT2D eigenvalue weighted by molar-refractivity contribution is -0.00502. The normalized spacial score (nSPS) is 41.7. The Hall–Kier alpha value is -0.230. The van der Waals surface area contributed by atoms with Crippen LogP contribution in [0.5, 0.6) is 0 Å². The van der Waals surface area contributed by atoms with E-state index in [1.165, 1.54) is 0 Å². The van der Waals surface area contributed by atoms with E-state index in [-0.39, 0.29) is 13.2 Å². The summed E-state index contributed by atoms with van der Waals surface area (Å²) in [5.41, 5.74) is 5.08. The van der Waals surface area contributed by atoms with Crippen LogP contribution in [0.15, 0.2) is 0 Å². The maximum Gasteiger partial charge on any atom is 0.141 e. The van der Waals surface area contributed by atoms with Gasteiger partial charge < -0.3 is 10.2 Å². The molecule has 1 saturated heterocycles. The van der Waals surface area contributed by atoms with Crippen molar-refractivity contribution in [2.45, 2.75) is 18.3 Å². The first-order chi connectivity index (χ1) is 4.75. The molecule has 1 fully saturated rings. The largest absolute Gasteiger partial charge is 0.395 e. The Morgan fingerprint density at radius 1 is 1.60 bits per heavy atom. The first-order valence-electron chi connectivity index (χ1n) is 3.17. The van der Waals surface area contributed by atoms with Gasteiger partial charge in [-0.1, -0.05) is 0 Å². The zero-order chi connectivity index (χ0) is 7.56. The van der Waals surface area contributed by atoms with Crippen LogP contribution < -0.4 is 10.9 Å². The second kappa shape index (κ2) is 3.25. The second-order valence-corrected chi connectivity index (χ2v) is 2.32. The lowest BCUT2D eigenvalue weighted by Crippen LogP contribution is -2.60. The molecule has 0 unspecified atom stereocenters. The van der Waals surface area contributed by atoms with Gasteiger partial charge in [-0.25, -0.2) is 9.82 Å². The fourth-order valence-corrected chi connectivity index (χ4v) is 0.899. The number of hydrazine groups is 1. The van der Waals surface area contributed by atoms with Crippen LogP contribution in [0.2, 0.25) is 0 Å². The third kappa shape index (κ3) is 1.43. The van der Waals surface area contributed by atoms with Gasteiger partial charge in [0, 0.05) is 6.54 Å². The first-order valence-corrected chi connectivity index (χ1v) is 3.17. The second-order valence-electron chi connectivity index (χ2n) is 2.32. The molecule has 0 saturated carbocycles. The molecule has 4 N–H and O–H groups in total. The molecule has 0 radical (unpaired) electrons. The maximum absolute atomic E-state index is 12.6. The van der Waals surface area contributed by atoms with Crippen LogP contribution >= 0.6 is 0 Å². The fraction of sp³-hybridized carbons (Fsp3) is 1.00. The Morgan fingerprint density at radius 3 is 2.80 bits per heavy atom. The van der Waals surface area contributed by atoms with Gasteiger partial charge in [0.25, 0.3) is 0 Å². The minimum Gasteiger partial charge on any atom is -0.395 e. The maximum atomic E-state index is 12.6. The minimum absolute atomic E-state index is 0.0810. The van der Waals surface area contributed by atoms with Crippen molar-refractivity contribution in [3.05, 3.63) is 0 Å². The molecule has 0 bridgehead atoms. The van der Waals surface area contributed by atoms with Gasteiger partial charge >= 0.3 is 0 Å². The molecular formula is C5H11FN2O2. The Morgan fingerprint density at radius 2 is 2.30 bits per heavy atom. The summed E-state index contributed by atoms with van der Waals surface area (Å²) in [7, 11) is 0. The molecule has 4 nitrogen and oxygen atoms in total. The number of hydrogen-bond donors (Lipinski definition) is 4. The summed E-state index contributed by atoms with van der Waals surface area (Å²) >= 11 is 0. The van der Waals surface area contributed by atoms with Gasteiger partial charge in [0.1, 0.15) is 12.3 Å². The number of aliphatic hydroxyl groups excluding tert-OH is 2. The van der Waals surface area contributed by atoms with E-state index in [4.69, 9.17) is 10.2 Å². The fourth-order valence-electron chi connectivity index (χ4n) is 0.899. The third-order valence-electron chi connectivity index (χ3n) is 1.56. The van der Waals surface area contributed by atoms with Gasteiger partial charge in [-0.3, -0.25) is 5.43 Å². The van der Waals surface area contributed by atoms with E-state index in [0.29, 0.717) is 0 Å². The predicted molar refractivity (Wildman–Crippen MR) is 32.9 cm³/mol. The molecule has 5 heteroatoms. The summed E-state index contributed by atoms with van der Waals surface area (Å²) in [6.45, 7) is -0.188. The van der Waals surface area contributed by atoms with Gasteiger partial charge in [-0.15, -0.1) is 0 Å². The van der Waals surface area contributed by atoms with E-state index in [1.807, 2.05) is 0 Å². The van der Waals surface area contributed by atoms with Crippen molar-refractivity contribution in [3.8, 4) is 0 Å². The number of aliphatic hydroxyl groups is 2.